The van der Waals surface area contributed by atoms with E-state index in [1.165, 1.54) is 17.7 Å². The second kappa shape index (κ2) is 5.57. The highest BCUT2D eigenvalue weighted by molar-refractivity contribution is 5.99. The molecule has 0 fully saturated rings. The Labute approximate surface area is 113 Å². The number of Topliss-reactive ketones (excluding diaryl/α,β-unsaturated/α-hetero) is 1. The number of hydrogen-bond donors (Lipinski definition) is 1. The Balaban J connectivity index is 2.06. The number of benzene rings is 2. The highest BCUT2D eigenvalue weighted by Crippen LogP contribution is 2.15. The van der Waals surface area contributed by atoms with Crippen molar-refractivity contribution in [2.45, 2.75) is 6.92 Å². The average Bonchev–Trinajstić information content (AvgIpc) is 2.40. The van der Waals surface area contributed by atoms with Crippen LogP contribution in [0.1, 0.15) is 15.9 Å². The molecule has 1 N–H and O–H groups in total. The third-order valence-corrected chi connectivity index (χ3v) is 3.04. The molecule has 0 aliphatic carbocycles. The number of aromatic hydroxyl groups is 1. The van der Waals surface area contributed by atoms with Crippen molar-refractivity contribution in [3.8, 4) is 5.75 Å². The fourth-order valence-corrected chi connectivity index (χ4v) is 1.84. The van der Waals surface area contributed by atoms with E-state index in [9.17, 15) is 9.90 Å². The largest absolute Gasteiger partial charge is 0.508 e. The van der Waals surface area contributed by atoms with E-state index in [1.807, 2.05) is 43.1 Å². The normalized spacial score (nSPS) is 10.2. The summed E-state index contributed by atoms with van der Waals surface area (Å²) in [7, 11) is 1.89. The lowest BCUT2D eigenvalue weighted by molar-refractivity contribution is 0.100. The standard InChI is InChI=1S/C16H17NO2/c1-12-3-7-14(8-4-12)17(2)11-16(19)13-5-9-15(18)10-6-13/h3-10,18H,11H2,1-2H3. The van der Waals surface area contributed by atoms with E-state index in [0.29, 0.717) is 12.1 Å². The van der Waals surface area contributed by atoms with Crippen molar-refractivity contribution in [1.82, 2.24) is 0 Å². The Morgan fingerprint density at radius 3 is 2.21 bits per heavy atom. The number of anilines is 1. The molecule has 3 nitrogen and oxygen atoms in total. The number of ketones is 1. The average molecular weight is 255 g/mol. The fourth-order valence-electron chi connectivity index (χ4n) is 1.84. The van der Waals surface area contributed by atoms with Crippen molar-refractivity contribution >= 4 is 11.5 Å². The van der Waals surface area contributed by atoms with Gasteiger partial charge in [-0.15, -0.1) is 0 Å². The maximum atomic E-state index is 12.1. The highest BCUT2D eigenvalue weighted by atomic mass is 16.3. The molecule has 0 saturated heterocycles. The van der Waals surface area contributed by atoms with E-state index in [1.54, 1.807) is 12.1 Å². The first-order valence-electron chi connectivity index (χ1n) is 6.16. The summed E-state index contributed by atoms with van der Waals surface area (Å²) in [6.07, 6.45) is 0. The SMILES string of the molecule is Cc1ccc(N(C)CC(=O)c2ccc(O)cc2)cc1. The Bertz CT molecular complexity index is 558. The molecule has 0 atom stereocenters. The minimum absolute atomic E-state index is 0.0306. The summed E-state index contributed by atoms with van der Waals surface area (Å²) in [4.78, 5) is 14.0. The lowest BCUT2D eigenvalue weighted by Crippen LogP contribution is -2.25. The predicted molar refractivity (Wildman–Crippen MR) is 76.9 cm³/mol. The van der Waals surface area contributed by atoms with Crippen LogP contribution in [0.5, 0.6) is 5.75 Å². The molecule has 2 aromatic rings. The first-order chi connectivity index (χ1) is 9.06. The van der Waals surface area contributed by atoms with Crippen LogP contribution in [0.2, 0.25) is 0 Å². The van der Waals surface area contributed by atoms with Crippen LogP contribution in [0.3, 0.4) is 0 Å². The van der Waals surface area contributed by atoms with Crippen LogP contribution in [0.4, 0.5) is 5.69 Å². The summed E-state index contributed by atoms with van der Waals surface area (Å²) in [5.41, 5.74) is 2.82. The topological polar surface area (TPSA) is 40.5 Å². The number of phenols is 1. The predicted octanol–water partition coefficient (Wildman–Crippen LogP) is 3.02. The van der Waals surface area contributed by atoms with E-state index in [4.69, 9.17) is 0 Å². The lowest BCUT2D eigenvalue weighted by atomic mass is 10.1. The molecule has 98 valence electrons. The van der Waals surface area contributed by atoms with Gasteiger partial charge in [0, 0.05) is 18.3 Å². The minimum atomic E-state index is 0.0306. The Morgan fingerprint density at radius 2 is 1.63 bits per heavy atom. The fraction of sp³-hybridized carbons (Fsp3) is 0.188. The summed E-state index contributed by atoms with van der Waals surface area (Å²) in [6.45, 7) is 2.35. The van der Waals surface area contributed by atoms with Crippen LogP contribution >= 0.6 is 0 Å². The van der Waals surface area contributed by atoms with E-state index < -0.39 is 0 Å². The molecule has 19 heavy (non-hydrogen) atoms. The van der Waals surface area contributed by atoms with Crippen molar-refractivity contribution in [1.29, 1.82) is 0 Å². The van der Waals surface area contributed by atoms with Gasteiger partial charge in [-0.3, -0.25) is 4.79 Å². The molecule has 0 heterocycles. The summed E-state index contributed by atoms with van der Waals surface area (Å²) in [5.74, 6) is 0.200. The quantitative estimate of drug-likeness (QED) is 0.854. The second-order valence-corrected chi connectivity index (χ2v) is 4.66. The van der Waals surface area contributed by atoms with Crippen molar-refractivity contribution in [2.75, 3.05) is 18.5 Å². The highest BCUT2D eigenvalue weighted by Gasteiger charge is 2.09. The Morgan fingerprint density at radius 1 is 1.05 bits per heavy atom. The number of hydrogen-bond acceptors (Lipinski definition) is 3. The van der Waals surface area contributed by atoms with Crippen LogP contribution < -0.4 is 4.90 Å². The van der Waals surface area contributed by atoms with Gasteiger partial charge in [0.25, 0.3) is 0 Å². The number of rotatable bonds is 4. The number of carbonyl (C=O) groups excluding carboxylic acids is 1. The van der Waals surface area contributed by atoms with Crippen molar-refractivity contribution in [3.63, 3.8) is 0 Å². The molecule has 0 saturated carbocycles. The smallest absolute Gasteiger partial charge is 0.182 e. The molecule has 0 bridgehead atoms. The maximum absolute atomic E-state index is 12.1. The van der Waals surface area contributed by atoms with Gasteiger partial charge in [0.05, 0.1) is 6.54 Å². The first-order valence-corrected chi connectivity index (χ1v) is 6.16. The van der Waals surface area contributed by atoms with Crippen LogP contribution in [0, 0.1) is 6.92 Å². The molecule has 3 heteroatoms. The summed E-state index contributed by atoms with van der Waals surface area (Å²) >= 11 is 0. The Kier molecular flexibility index (Phi) is 3.85. The minimum Gasteiger partial charge on any atom is -0.508 e. The summed E-state index contributed by atoms with van der Waals surface area (Å²) in [6, 6.07) is 14.4. The van der Waals surface area contributed by atoms with Crippen molar-refractivity contribution < 1.29 is 9.90 Å². The number of phenolic OH excluding ortho intramolecular Hbond substituents is 1. The van der Waals surface area contributed by atoms with E-state index in [0.717, 1.165) is 5.69 Å². The number of aryl methyl sites for hydroxylation is 1. The van der Waals surface area contributed by atoms with Gasteiger partial charge < -0.3 is 10.0 Å². The van der Waals surface area contributed by atoms with Crippen LogP contribution in [-0.4, -0.2) is 24.5 Å². The third kappa shape index (κ3) is 3.35. The molecule has 0 spiro atoms. The maximum Gasteiger partial charge on any atom is 0.182 e. The van der Waals surface area contributed by atoms with Crippen molar-refractivity contribution in [3.05, 3.63) is 59.7 Å². The van der Waals surface area contributed by atoms with Crippen LogP contribution in [0.15, 0.2) is 48.5 Å². The molecule has 0 amide bonds. The van der Waals surface area contributed by atoms with Crippen LogP contribution in [0.25, 0.3) is 0 Å². The van der Waals surface area contributed by atoms with Crippen molar-refractivity contribution in [2.24, 2.45) is 0 Å². The van der Waals surface area contributed by atoms with Gasteiger partial charge in [-0.25, -0.2) is 0 Å². The molecule has 0 aliphatic rings. The van der Waals surface area contributed by atoms with Crippen LogP contribution in [-0.2, 0) is 0 Å². The van der Waals surface area contributed by atoms with Gasteiger partial charge in [0.2, 0.25) is 0 Å². The zero-order valence-electron chi connectivity index (χ0n) is 11.1. The number of nitrogens with zero attached hydrogens (tertiary/aromatic N) is 1. The lowest BCUT2D eigenvalue weighted by Gasteiger charge is -2.18. The second-order valence-electron chi connectivity index (χ2n) is 4.66. The van der Waals surface area contributed by atoms with Gasteiger partial charge in [0.1, 0.15) is 5.75 Å². The molecular weight excluding hydrogens is 238 g/mol. The molecule has 2 aromatic carbocycles. The third-order valence-electron chi connectivity index (χ3n) is 3.04. The van der Waals surface area contributed by atoms with Gasteiger partial charge in [-0.2, -0.15) is 0 Å². The Hall–Kier alpha value is -2.29. The number of carbonyl (C=O) groups is 1. The van der Waals surface area contributed by atoms with Gasteiger partial charge in [0.15, 0.2) is 5.78 Å². The summed E-state index contributed by atoms with van der Waals surface area (Å²) < 4.78 is 0. The van der Waals surface area contributed by atoms with Gasteiger partial charge in [-0.05, 0) is 43.3 Å². The zero-order chi connectivity index (χ0) is 13.8. The molecular formula is C16H17NO2. The molecule has 2 rings (SSSR count). The van der Waals surface area contributed by atoms with Gasteiger partial charge in [-0.1, -0.05) is 17.7 Å². The molecule has 0 aromatic heterocycles. The van der Waals surface area contributed by atoms with E-state index in [-0.39, 0.29) is 11.5 Å². The van der Waals surface area contributed by atoms with E-state index in [2.05, 4.69) is 0 Å². The monoisotopic (exact) mass is 255 g/mol. The van der Waals surface area contributed by atoms with Gasteiger partial charge >= 0.3 is 0 Å². The number of likely N-dealkylation sites (N-methyl/N-ethyl adjacent to an activating group) is 1. The zero-order valence-corrected chi connectivity index (χ0v) is 11.1. The first kappa shape index (κ1) is 13.1. The molecule has 0 unspecified atom stereocenters. The van der Waals surface area contributed by atoms with E-state index >= 15 is 0 Å². The molecule has 0 radical (unpaired) electrons. The summed E-state index contributed by atoms with van der Waals surface area (Å²) in [5, 5.41) is 9.20. The molecule has 0 aliphatic heterocycles.